The first-order chi connectivity index (χ1) is 16.4. The Morgan fingerprint density at radius 3 is 2.32 bits per heavy atom. The Labute approximate surface area is 194 Å². The Balaban J connectivity index is 1.77. The summed E-state index contributed by atoms with van der Waals surface area (Å²) in [5, 5.41) is 17.8. The molecule has 2 aromatic carbocycles. The standard InChI is InChI=1S/C26H19FN4O3/c1-16-9-8-14-29(15-16)23-22(24(32)30(26(23)34)20-13-7-6-12-19(20)27)21-17(2)28-31(25(21)33)18-10-4-3-5-11-18/h3-15H,1-2H3. The van der Waals surface area contributed by atoms with Crippen LogP contribution in [0.1, 0.15) is 16.8 Å². The number of aromatic nitrogens is 3. The lowest BCUT2D eigenvalue weighted by atomic mass is 10.0. The fraction of sp³-hybridized carbons (Fsp3) is 0.0769. The maximum Gasteiger partial charge on any atom is 0.331 e. The molecular formula is C26H19FN4O3. The van der Waals surface area contributed by atoms with Gasteiger partial charge in [-0.15, -0.1) is 0 Å². The van der Waals surface area contributed by atoms with Crippen LogP contribution in [0.25, 0.3) is 17.0 Å². The second-order valence-corrected chi connectivity index (χ2v) is 7.92. The molecule has 0 spiro atoms. The third-order valence-electron chi connectivity index (χ3n) is 5.63. The van der Waals surface area contributed by atoms with Crippen molar-refractivity contribution in [1.82, 2.24) is 9.78 Å². The van der Waals surface area contributed by atoms with Gasteiger partial charge in [0.1, 0.15) is 11.4 Å². The molecule has 1 aliphatic rings. The molecule has 4 aromatic rings. The molecule has 0 aliphatic carbocycles. The van der Waals surface area contributed by atoms with E-state index in [-0.39, 0.29) is 28.2 Å². The maximum atomic E-state index is 14.6. The van der Waals surface area contributed by atoms with Gasteiger partial charge < -0.3 is 5.11 Å². The van der Waals surface area contributed by atoms with E-state index in [0.717, 1.165) is 10.5 Å². The van der Waals surface area contributed by atoms with Gasteiger partial charge in [0.2, 0.25) is 0 Å². The Bertz CT molecular complexity index is 1490. The molecular weight excluding hydrogens is 435 g/mol. The molecule has 2 aromatic heterocycles. The molecule has 0 saturated heterocycles. The Hall–Kier alpha value is -4.59. The van der Waals surface area contributed by atoms with Crippen molar-refractivity contribution in [1.29, 1.82) is 0 Å². The van der Waals surface area contributed by atoms with Crippen molar-refractivity contribution in [2.24, 2.45) is 0 Å². The summed E-state index contributed by atoms with van der Waals surface area (Å²) < 4.78 is 17.3. The number of halogens is 1. The minimum atomic E-state index is -0.785. The molecule has 5 rings (SSSR count). The van der Waals surface area contributed by atoms with Crippen LogP contribution in [0, 0.1) is 19.7 Å². The fourth-order valence-corrected chi connectivity index (χ4v) is 4.11. The number of carbonyl (C=O) groups excluding carboxylic acids is 2. The quantitative estimate of drug-likeness (QED) is 0.351. The van der Waals surface area contributed by atoms with E-state index in [1.54, 1.807) is 49.6 Å². The average Bonchev–Trinajstić information content (AvgIpc) is 3.26. The van der Waals surface area contributed by atoms with Gasteiger partial charge in [-0.1, -0.05) is 30.3 Å². The first-order valence-corrected chi connectivity index (χ1v) is 10.6. The summed E-state index contributed by atoms with van der Waals surface area (Å²) >= 11 is 0. The zero-order valence-electron chi connectivity index (χ0n) is 18.4. The van der Waals surface area contributed by atoms with Gasteiger partial charge in [-0.2, -0.15) is 9.67 Å². The van der Waals surface area contributed by atoms with Crippen LogP contribution < -0.4 is 14.6 Å². The number of nitrogens with zero attached hydrogens (tertiary/aromatic N) is 4. The molecule has 0 unspecified atom stereocenters. The molecule has 2 amide bonds. The van der Waals surface area contributed by atoms with Crippen molar-refractivity contribution < 1.29 is 23.7 Å². The number of amides is 2. The van der Waals surface area contributed by atoms with Crippen LogP contribution in [0.15, 0.2) is 79.1 Å². The van der Waals surface area contributed by atoms with E-state index in [1.165, 1.54) is 33.5 Å². The molecule has 3 heterocycles. The number of hydrogen-bond acceptors (Lipinski definition) is 4. The lowest BCUT2D eigenvalue weighted by Gasteiger charge is -2.16. The maximum absolute atomic E-state index is 14.6. The van der Waals surface area contributed by atoms with Gasteiger partial charge in [-0.05, 0) is 50.1 Å². The number of aryl methyl sites for hydroxylation is 2. The van der Waals surface area contributed by atoms with Crippen LogP contribution in [0.2, 0.25) is 0 Å². The number of benzene rings is 2. The number of anilines is 1. The molecule has 0 fully saturated rings. The van der Waals surface area contributed by atoms with Crippen LogP contribution in [0.3, 0.4) is 0 Å². The first kappa shape index (κ1) is 21.3. The summed E-state index contributed by atoms with van der Waals surface area (Å²) in [5.74, 6) is -2.78. The molecule has 0 saturated carbocycles. The third kappa shape index (κ3) is 3.27. The van der Waals surface area contributed by atoms with Gasteiger partial charge in [-0.25, -0.2) is 14.0 Å². The van der Waals surface area contributed by atoms with Gasteiger partial charge in [0, 0.05) is 17.2 Å². The number of para-hydroxylation sites is 2. The topological polar surface area (TPSA) is 82.1 Å². The smallest absolute Gasteiger partial charge is 0.331 e. The second-order valence-electron chi connectivity index (χ2n) is 7.92. The van der Waals surface area contributed by atoms with Crippen LogP contribution in [0.4, 0.5) is 10.1 Å². The van der Waals surface area contributed by atoms with Crippen molar-refractivity contribution in [3.8, 4) is 11.6 Å². The van der Waals surface area contributed by atoms with Gasteiger partial charge in [0.05, 0.1) is 17.1 Å². The van der Waals surface area contributed by atoms with E-state index >= 15 is 0 Å². The molecule has 0 radical (unpaired) electrons. The van der Waals surface area contributed by atoms with E-state index in [4.69, 9.17) is 0 Å². The van der Waals surface area contributed by atoms with Gasteiger partial charge in [0.25, 0.3) is 11.6 Å². The molecule has 0 atom stereocenters. The molecule has 7 nitrogen and oxygen atoms in total. The molecule has 0 bridgehead atoms. The Morgan fingerprint density at radius 1 is 0.912 bits per heavy atom. The van der Waals surface area contributed by atoms with Gasteiger partial charge in [0.15, 0.2) is 12.4 Å². The van der Waals surface area contributed by atoms with E-state index in [0.29, 0.717) is 5.69 Å². The molecule has 34 heavy (non-hydrogen) atoms. The zero-order chi connectivity index (χ0) is 24.0. The Kier molecular flexibility index (Phi) is 5.05. The summed E-state index contributed by atoms with van der Waals surface area (Å²) in [7, 11) is 0. The van der Waals surface area contributed by atoms with E-state index in [2.05, 4.69) is 5.10 Å². The molecule has 8 heteroatoms. The predicted molar refractivity (Wildman–Crippen MR) is 121 cm³/mol. The highest BCUT2D eigenvalue weighted by Crippen LogP contribution is 2.38. The minimum Gasteiger partial charge on any atom is -0.858 e. The van der Waals surface area contributed by atoms with E-state index in [9.17, 15) is 19.1 Å². The summed E-state index contributed by atoms with van der Waals surface area (Å²) in [4.78, 5) is 28.0. The van der Waals surface area contributed by atoms with Crippen LogP contribution in [-0.2, 0) is 9.59 Å². The first-order valence-electron chi connectivity index (χ1n) is 10.6. The second kappa shape index (κ2) is 8.08. The monoisotopic (exact) mass is 454 g/mol. The third-order valence-corrected chi connectivity index (χ3v) is 5.63. The highest BCUT2D eigenvalue weighted by atomic mass is 19.1. The predicted octanol–water partition coefficient (Wildman–Crippen LogP) is 2.93. The molecule has 0 N–H and O–H groups in total. The van der Waals surface area contributed by atoms with Crippen molar-refractivity contribution in [3.63, 3.8) is 0 Å². The normalized spacial score (nSPS) is 13.8. The molecule has 168 valence electrons. The van der Waals surface area contributed by atoms with Crippen molar-refractivity contribution >= 4 is 28.8 Å². The molecule has 1 aliphatic heterocycles. The Morgan fingerprint density at radius 2 is 1.62 bits per heavy atom. The SMILES string of the molecule is Cc1ccc[n+](C2=C(c3c(C)nn(-c4ccccc4)c3[O-])C(=O)N(c3ccccc3F)C2=O)c1. The van der Waals surface area contributed by atoms with Crippen molar-refractivity contribution in [2.45, 2.75) is 13.8 Å². The number of imide groups is 1. The van der Waals surface area contributed by atoms with E-state index in [1.807, 2.05) is 19.1 Å². The van der Waals surface area contributed by atoms with Crippen LogP contribution in [0.5, 0.6) is 5.88 Å². The van der Waals surface area contributed by atoms with Crippen molar-refractivity contribution in [2.75, 3.05) is 4.90 Å². The number of rotatable bonds is 4. The number of carbonyl (C=O) groups is 2. The summed E-state index contributed by atoms with van der Waals surface area (Å²) in [6, 6.07) is 17.9. The number of hydrogen-bond donors (Lipinski definition) is 0. The number of pyridine rings is 1. The summed E-state index contributed by atoms with van der Waals surface area (Å²) in [5.41, 5.74) is 1.31. The van der Waals surface area contributed by atoms with Crippen molar-refractivity contribution in [3.05, 3.63) is 102 Å². The minimum absolute atomic E-state index is 0.00467. The summed E-state index contributed by atoms with van der Waals surface area (Å²) in [6.45, 7) is 3.44. The van der Waals surface area contributed by atoms with Gasteiger partial charge >= 0.3 is 5.91 Å². The lowest BCUT2D eigenvalue weighted by molar-refractivity contribution is -0.577. The van der Waals surface area contributed by atoms with Crippen LogP contribution >= 0.6 is 0 Å². The largest absolute Gasteiger partial charge is 0.858 e. The van der Waals surface area contributed by atoms with Gasteiger partial charge in [-0.3, -0.25) is 9.59 Å². The zero-order valence-corrected chi connectivity index (χ0v) is 18.4. The van der Waals surface area contributed by atoms with E-state index < -0.39 is 23.5 Å². The fourth-order valence-electron chi connectivity index (χ4n) is 4.11. The van der Waals surface area contributed by atoms with Crippen LogP contribution in [-0.4, -0.2) is 21.6 Å². The average molecular weight is 454 g/mol. The highest BCUT2D eigenvalue weighted by Gasteiger charge is 2.48. The highest BCUT2D eigenvalue weighted by molar-refractivity contribution is 6.53. The lowest BCUT2D eigenvalue weighted by Crippen LogP contribution is -2.40. The summed E-state index contributed by atoms with van der Waals surface area (Å²) in [6.07, 6.45) is 3.28.